The molecule has 0 amide bonds. The molecule has 114 valence electrons. The highest BCUT2D eigenvalue weighted by molar-refractivity contribution is 8.16. The summed E-state index contributed by atoms with van der Waals surface area (Å²) in [7, 11) is 0. The number of ether oxygens (including phenoxy) is 2. The molecule has 0 N–H and O–H groups in total. The Kier molecular flexibility index (Phi) is 4.22. The molecule has 4 rings (SSSR count). The molecule has 1 unspecified atom stereocenters. The Bertz CT molecular complexity index is 639. The van der Waals surface area contributed by atoms with Crippen LogP contribution in [0.3, 0.4) is 0 Å². The van der Waals surface area contributed by atoms with Crippen LogP contribution in [-0.2, 0) is 0 Å². The zero-order valence-electron chi connectivity index (χ0n) is 12.2. The predicted octanol–water partition coefficient (Wildman–Crippen LogP) is 5.07. The van der Waals surface area contributed by atoms with E-state index in [0.717, 1.165) is 17.1 Å². The first-order valence-corrected chi connectivity index (χ1v) is 9.71. The minimum absolute atomic E-state index is 0.0158. The number of fused-ring (bicyclic) bond motifs is 1. The summed E-state index contributed by atoms with van der Waals surface area (Å²) in [4.78, 5) is 0. The van der Waals surface area contributed by atoms with E-state index in [-0.39, 0.29) is 6.10 Å². The van der Waals surface area contributed by atoms with E-state index in [2.05, 4.69) is 30.3 Å². The molecule has 0 saturated carbocycles. The average molecular weight is 330 g/mol. The molecular formula is C18H18O2S2. The van der Waals surface area contributed by atoms with E-state index < -0.39 is 0 Å². The minimum atomic E-state index is -0.0158. The van der Waals surface area contributed by atoms with Crippen molar-refractivity contribution in [3.8, 4) is 11.5 Å². The number of rotatable bonds is 2. The van der Waals surface area contributed by atoms with Gasteiger partial charge in [0, 0.05) is 0 Å². The second-order valence-electron chi connectivity index (χ2n) is 5.46. The normalized spacial score (nSPS) is 21.5. The molecule has 0 radical (unpaired) electrons. The molecule has 4 heteroatoms. The molecule has 2 aromatic rings. The van der Waals surface area contributed by atoms with E-state index in [1.165, 1.54) is 23.5 Å². The Hall–Kier alpha value is -1.26. The summed E-state index contributed by atoms with van der Waals surface area (Å²) in [6, 6.07) is 16.7. The van der Waals surface area contributed by atoms with Crippen molar-refractivity contribution in [2.75, 3.05) is 18.1 Å². The number of hydrogen-bond donors (Lipinski definition) is 0. The molecule has 2 nitrogen and oxygen atoms in total. The number of hydrogen-bond acceptors (Lipinski definition) is 4. The molecule has 2 heterocycles. The van der Waals surface area contributed by atoms with Crippen LogP contribution in [0.1, 0.15) is 28.2 Å². The van der Waals surface area contributed by atoms with Gasteiger partial charge >= 0.3 is 0 Å². The van der Waals surface area contributed by atoms with Gasteiger partial charge in [-0.05, 0) is 41.2 Å². The highest BCUT2D eigenvalue weighted by Gasteiger charge is 2.24. The quantitative estimate of drug-likeness (QED) is 0.765. The van der Waals surface area contributed by atoms with Crippen LogP contribution < -0.4 is 9.47 Å². The monoisotopic (exact) mass is 330 g/mol. The predicted molar refractivity (Wildman–Crippen MR) is 94.0 cm³/mol. The van der Waals surface area contributed by atoms with Gasteiger partial charge in [-0.3, -0.25) is 0 Å². The van der Waals surface area contributed by atoms with Gasteiger partial charge < -0.3 is 9.47 Å². The van der Waals surface area contributed by atoms with Crippen LogP contribution in [0, 0.1) is 0 Å². The summed E-state index contributed by atoms with van der Waals surface area (Å²) in [5, 5.41) is 0. The summed E-state index contributed by atoms with van der Waals surface area (Å²) >= 11 is 4.06. The lowest BCUT2D eigenvalue weighted by molar-refractivity contribution is 0.0912. The van der Waals surface area contributed by atoms with Gasteiger partial charge in [0.15, 0.2) is 17.6 Å². The summed E-state index contributed by atoms with van der Waals surface area (Å²) in [6.45, 7) is 0.575. The van der Waals surface area contributed by atoms with E-state index in [1.807, 2.05) is 41.7 Å². The Labute approximate surface area is 139 Å². The maximum atomic E-state index is 6.12. The molecule has 2 aliphatic heterocycles. The second kappa shape index (κ2) is 6.47. The third kappa shape index (κ3) is 2.95. The highest BCUT2D eigenvalue weighted by atomic mass is 32.2. The van der Waals surface area contributed by atoms with Crippen molar-refractivity contribution in [2.24, 2.45) is 0 Å². The molecule has 1 saturated heterocycles. The molecule has 1 atom stereocenters. The molecule has 1 fully saturated rings. The molecule has 0 bridgehead atoms. The van der Waals surface area contributed by atoms with Gasteiger partial charge in [0.25, 0.3) is 0 Å². The van der Waals surface area contributed by atoms with Crippen molar-refractivity contribution in [3.63, 3.8) is 0 Å². The number of thioether (sulfide) groups is 2. The van der Waals surface area contributed by atoms with Gasteiger partial charge in [-0.25, -0.2) is 0 Å². The molecule has 2 aromatic carbocycles. The molecule has 0 spiro atoms. The fraction of sp³-hybridized carbons (Fsp3) is 0.333. The van der Waals surface area contributed by atoms with Crippen molar-refractivity contribution in [1.82, 2.24) is 0 Å². The fourth-order valence-corrected chi connectivity index (χ4v) is 5.62. The second-order valence-corrected chi connectivity index (χ2v) is 8.19. The Morgan fingerprint density at radius 3 is 2.50 bits per heavy atom. The largest absolute Gasteiger partial charge is 0.485 e. The molecule has 0 aliphatic carbocycles. The van der Waals surface area contributed by atoms with Crippen molar-refractivity contribution in [3.05, 3.63) is 59.7 Å². The molecule has 2 aliphatic rings. The highest BCUT2D eigenvalue weighted by Crippen LogP contribution is 2.46. The molecule has 22 heavy (non-hydrogen) atoms. The summed E-state index contributed by atoms with van der Waals surface area (Å²) in [5.41, 5.74) is 2.51. The van der Waals surface area contributed by atoms with Gasteiger partial charge in [-0.2, -0.15) is 0 Å². The summed E-state index contributed by atoms with van der Waals surface area (Å²) in [6.07, 6.45) is 1.30. The van der Waals surface area contributed by atoms with Crippen LogP contribution in [-0.4, -0.2) is 18.1 Å². The first-order chi connectivity index (χ1) is 10.9. The lowest BCUT2D eigenvalue weighted by atomic mass is 10.1. The van der Waals surface area contributed by atoms with Crippen molar-refractivity contribution < 1.29 is 9.47 Å². The van der Waals surface area contributed by atoms with Crippen LogP contribution in [0.25, 0.3) is 0 Å². The van der Waals surface area contributed by atoms with Crippen molar-refractivity contribution in [2.45, 2.75) is 17.1 Å². The smallest absolute Gasteiger partial charge is 0.162 e. The molecule has 0 aromatic heterocycles. The van der Waals surface area contributed by atoms with Gasteiger partial charge in [-0.15, -0.1) is 23.5 Å². The topological polar surface area (TPSA) is 18.5 Å². The van der Waals surface area contributed by atoms with E-state index in [1.54, 1.807) is 0 Å². The van der Waals surface area contributed by atoms with E-state index >= 15 is 0 Å². The van der Waals surface area contributed by atoms with Crippen LogP contribution in [0.4, 0.5) is 0 Å². The maximum Gasteiger partial charge on any atom is 0.162 e. The Balaban J connectivity index is 1.54. The lowest BCUT2D eigenvalue weighted by Crippen LogP contribution is -2.21. The number of benzene rings is 2. The molecular weight excluding hydrogens is 312 g/mol. The van der Waals surface area contributed by atoms with Gasteiger partial charge in [0.1, 0.15) is 6.61 Å². The SMILES string of the molecule is c1ccc(C2COc3cc(C4SCCCS4)ccc3O2)cc1. The minimum Gasteiger partial charge on any atom is -0.485 e. The fourth-order valence-electron chi connectivity index (χ4n) is 2.75. The standard InChI is InChI=1S/C18H18O2S2/c1-2-5-13(6-3-1)17-12-19-16-11-14(7-8-15(16)20-17)18-21-9-4-10-22-18/h1-3,5-8,11,17-18H,4,9-10,12H2. The van der Waals surface area contributed by atoms with Crippen molar-refractivity contribution >= 4 is 23.5 Å². The van der Waals surface area contributed by atoms with Crippen LogP contribution in [0.2, 0.25) is 0 Å². The Morgan fingerprint density at radius 2 is 1.68 bits per heavy atom. The average Bonchev–Trinajstić information content (AvgIpc) is 2.62. The van der Waals surface area contributed by atoms with E-state index in [0.29, 0.717) is 11.2 Å². The van der Waals surface area contributed by atoms with E-state index in [4.69, 9.17) is 9.47 Å². The van der Waals surface area contributed by atoms with Crippen LogP contribution >= 0.6 is 23.5 Å². The zero-order valence-corrected chi connectivity index (χ0v) is 13.9. The van der Waals surface area contributed by atoms with Gasteiger partial charge in [-0.1, -0.05) is 36.4 Å². The third-order valence-corrected chi connectivity index (χ3v) is 6.91. The van der Waals surface area contributed by atoms with E-state index in [9.17, 15) is 0 Å². The zero-order chi connectivity index (χ0) is 14.8. The third-order valence-electron chi connectivity index (χ3n) is 3.90. The van der Waals surface area contributed by atoms with Crippen molar-refractivity contribution in [1.29, 1.82) is 0 Å². The van der Waals surface area contributed by atoms with Gasteiger partial charge in [0.05, 0.1) is 4.58 Å². The first-order valence-electron chi connectivity index (χ1n) is 7.62. The lowest BCUT2D eigenvalue weighted by Gasteiger charge is -2.28. The van der Waals surface area contributed by atoms with Gasteiger partial charge in [0.2, 0.25) is 0 Å². The Morgan fingerprint density at radius 1 is 0.864 bits per heavy atom. The summed E-state index contributed by atoms with van der Waals surface area (Å²) in [5.74, 6) is 4.25. The van der Waals surface area contributed by atoms with Crippen LogP contribution in [0.5, 0.6) is 11.5 Å². The summed E-state index contributed by atoms with van der Waals surface area (Å²) < 4.78 is 12.6. The maximum absolute atomic E-state index is 6.12. The van der Waals surface area contributed by atoms with Crippen LogP contribution in [0.15, 0.2) is 48.5 Å². The first kappa shape index (κ1) is 14.3.